The van der Waals surface area contributed by atoms with Crippen LogP contribution in [-0.2, 0) is 9.53 Å². The summed E-state index contributed by atoms with van der Waals surface area (Å²) < 4.78 is 3.83. The third-order valence-corrected chi connectivity index (χ3v) is 0.534. The van der Waals surface area contributed by atoms with Crippen LogP contribution in [0.4, 0.5) is 4.79 Å². The predicted octanol–water partition coefficient (Wildman–Crippen LogP) is 1.70. The molecule has 0 bridgehead atoms. The number of ether oxygens (including phenoxy) is 1. The second-order valence-electron chi connectivity index (χ2n) is 1.55. The van der Waals surface area contributed by atoms with Crippen molar-refractivity contribution in [3.63, 3.8) is 0 Å². The van der Waals surface area contributed by atoms with E-state index >= 15 is 0 Å². The van der Waals surface area contributed by atoms with Crippen molar-refractivity contribution in [3.8, 4) is 0 Å². The normalized spacial score (nSPS) is 7.27. The second-order valence-corrected chi connectivity index (χ2v) is 2.72. The summed E-state index contributed by atoms with van der Waals surface area (Å²) >= 11 is 6.38. The first-order valence-corrected chi connectivity index (χ1v) is 3.47. The average molecular weight is 194 g/mol. The first-order chi connectivity index (χ1) is 4.91. The van der Waals surface area contributed by atoms with Gasteiger partial charge in [-0.2, -0.15) is 0 Å². The van der Waals surface area contributed by atoms with Gasteiger partial charge in [-0.25, -0.2) is 4.79 Å². The Morgan fingerprint density at radius 1 is 1.36 bits per heavy atom. The molecule has 0 aromatic carbocycles. The second kappa shape index (κ2) is 7.68. The lowest BCUT2D eigenvalue weighted by Gasteiger charge is -1.91. The fourth-order valence-electron chi connectivity index (χ4n) is 0.174. The number of hydrogen-bond donors (Lipinski definition) is 2. The van der Waals surface area contributed by atoms with Crippen molar-refractivity contribution < 1.29 is 14.3 Å². The van der Waals surface area contributed by atoms with Crippen LogP contribution in [0.15, 0.2) is 12.2 Å². The van der Waals surface area contributed by atoms with E-state index in [2.05, 4.69) is 36.6 Å². The van der Waals surface area contributed by atoms with Gasteiger partial charge in [-0.05, 0) is 6.92 Å². The van der Waals surface area contributed by atoms with Gasteiger partial charge in [-0.1, -0.05) is 31.8 Å². The minimum atomic E-state index is -0.444. The topological polar surface area (TPSA) is 43.4 Å². The molecule has 0 saturated heterocycles. The molecule has 11 heavy (non-hydrogen) atoms. The number of esters is 1. The third-order valence-electron chi connectivity index (χ3n) is 0.534. The number of carbonyl (C=O) groups is 2. The van der Waals surface area contributed by atoms with E-state index in [1.165, 1.54) is 7.11 Å². The maximum absolute atomic E-state index is 10.2. The predicted molar refractivity (Wildman–Crippen MR) is 50.2 cm³/mol. The molecule has 0 atom stereocenters. The summed E-state index contributed by atoms with van der Waals surface area (Å²) in [6.07, 6.45) is 0. The molecule has 0 radical (unpaired) electrons. The summed E-state index contributed by atoms with van der Waals surface area (Å²) in [5.41, 5.74) is 0.433. The Labute approximate surface area is 76.6 Å². The molecule has 0 aliphatic heterocycles. The van der Waals surface area contributed by atoms with Gasteiger partial charge < -0.3 is 4.74 Å². The number of thiol groups is 2. The number of hydrogen-bond acceptors (Lipinski definition) is 3. The van der Waals surface area contributed by atoms with E-state index in [0.717, 1.165) is 0 Å². The monoisotopic (exact) mass is 194 g/mol. The van der Waals surface area contributed by atoms with Crippen LogP contribution in [0.2, 0.25) is 0 Å². The van der Waals surface area contributed by atoms with Gasteiger partial charge >= 0.3 is 5.97 Å². The molecule has 0 unspecified atom stereocenters. The standard InChI is InChI=1S/C5H8O2.CH2OS2/c1-4(2)5(6)7-3;2-1(3)4/h1H2,2-3H3;(H2,2,3,4). The number of carbonyl (C=O) groups excluding carboxylic acids is 2. The SMILES string of the molecule is C=C(C)C(=O)OC.O=C(S)S. The van der Waals surface area contributed by atoms with E-state index in [-0.39, 0.29) is 5.97 Å². The van der Waals surface area contributed by atoms with Crippen molar-refractivity contribution >= 4 is 35.7 Å². The van der Waals surface area contributed by atoms with Crippen molar-refractivity contribution in [1.82, 2.24) is 0 Å². The molecule has 0 aliphatic rings. The number of rotatable bonds is 1. The highest BCUT2D eigenvalue weighted by atomic mass is 32.2. The smallest absolute Gasteiger partial charge is 0.332 e. The van der Waals surface area contributed by atoms with E-state index in [9.17, 15) is 9.59 Å². The van der Waals surface area contributed by atoms with Gasteiger partial charge in [0.05, 0.1) is 7.11 Å². The van der Waals surface area contributed by atoms with Crippen LogP contribution >= 0.6 is 25.3 Å². The zero-order valence-electron chi connectivity index (χ0n) is 6.33. The van der Waals surface area contributed by atoms with Crippen LogP contribution in [0.3, 0.4) is 0 Å². The highest BCUT2D eigenvalue weighted by molar-refractivity contribution is 8.23. The summed E-state index contributed by atoms with van der Waals surface area (Å²) in [5, 5.41) is 0. The van der Waals surface area contributed by atoms with Crippen LogP contribution < -0.4 is 0 Å². The molecule has 3 nitrogen and oxygen atoms in total. The molecule has 0 fully saturated rings. The highest BCUT2D eigenvalue weighted by Gasteiger charge is 1.95. The summed E-state index contributed by atoms with van der Waals surface area (Å²) in [6.45, 7) is 4.95. The molecule has 0 saturated carbocycles. The molecular formula is C6H10O3S2. The van der Waals surface area contributed by atoms with E-state index in [0.29, 0.717) is 5.57 Å². The van der Waals surface area contributed by atoms with Gasteiger partial charge in [-0.3, -0.25) is 4.79 Å². The first-order valence-electron chi connectivity index (χ1n) is 2.57. The first kappa shape index (κ1) is 13.2. The quantitative estimate of drug-likeness (QED) is 0.379. The Balaban J connectivity index is 0. The molecule has 0 rings (SSSR count). The molecule has 0 aromatic rings. The maximum atomic E-state index is 10.2. The van der Waals surface area contributed by atoms with Crippen molar-refractivity contribution in [2.24, 2.45) is 0 Å². The van der Waals surface area contributed by atoms with Gasteiger partial charge in [0.2, 0.25) is 4.45 Å². The van der Waals surface area contributed by atoms with E-state index in [4.69, 9.17) is 0 Å². The van der Waals surface area contributed by atoms with E-state index in [1.54, 1.807) is 6.92 Å². The van der Waals surface area contributed by atoms with Gasteiger partial charge in [0.15, 0.2) is 0 Å². The van der Waals surface area contributed by atoms with E-state index < -0.39 is 4.45 Å². The Morgan fingerprint density at radius 2 is 1.64 bits per heavy atom. The lowest BCUT2D eigenvalue weighted by Crippen LogP contribution is -1.98. The van der Waals surface area contributed by atoms with Crippen LogP contribution in [0.1, 0.15) is 6.92 Å². The van der Waals surface area contributed by atoms with Crippen LogP contribution in [0.5, 0.6) is 0 Å². The van der Waals surface area contributed by atoms with Gasteiger partial charge in [0.25, 0.3) is 0 Å². The van der Waals surface area contributed by atoms with Crippen LogP contribution in [0, 0.1) is 0 Å². The van der Waals surface area contributed by atoms with Gasteiger partial charge in [0.1, 0.15) is 0 Å². The summed E-state index contributed by atoms with van der Waals surface area (Å²) in [7, 11) is 1.33. The molecule has 0 N–H and O–H groups in total. The van der Waals surface area contributed by atoms with Crippen molar-refractivity contribution in [1.29, 1.82) is 0 Å². The van der Waals surface area contributed by atoms with Gasteiger partial charge in [0, 0.05) is 5.57 Å². The fourth-order valence-corrected chi connectivity index (χ4v) is 0.174. The average Bonchev–Trinajstić information content (AvgIpc) is 1.85. The molecular weight excluding hydrogens is 184 g/mol. The maximum Gasteiger partial charge on any atom is 0.332 e. The number of methoxy groups -OCH3 is 1. The molecule has 0 amide bonds. The minimum absolute atomic E-state index is 0.347. The lowest BCUT2D eigenvalue weighted by molar-refractivity contribution is -0.136. The van der Waals surface area contributed by atoms with Crippen molar-refractivity contribution in [3.05, 3.63) is 12.2 Å². The molecule has 0 spiro atoms. The molecule has 0 heterocycles. The zero-order chi connectivity index (χ0) is 9.44. The zero-order valence-corrected chi connectivity index (χ0v) is 8.12. The molecule has 0 aliphatic carbocycles. The Kier molecular flexibility index (Phi) is 9.21. The molecule has 5 heteroatoms. The molecule has 64 valence electrons. The van der Waals surface area contributed by atoms with E-state index in [1.807, 2.05) is 0 Å². The lowest BCUT2D eigenvalue weighted by atomic mass is 10.4. The third kappa shape index (κ3) is 17.7. The summed E-state index contributed by atoms with van der Waals surface area (Å²) in [6, 6.07) is 0. The van der Waals surface area contributed by atoms with Gasteiger partial charge in [-0.15, -0.1) is 0 Å². The fraction of sp³-hybridized carbons (Fsp3) is 0.333. The van der Waals surface area contributed by atoms with Crippen LogP contribution in [-0.4, -0.2) is 17.5 Å². The Hall–Kier alpha value is -0.420. The Bertz CT molecular complexity index is 161. The van der Waals surface area contributed by atoms with Crippen molar-refractivity contribution in [2.45, 2.75) is 6.92 Å². The molecule has 0 aromatic heterocycles. The summed E-state index contributed by atoms with van der Waals surface area (Å²) in [4.78, 5) is 19.4. The Morgan fingerprint density at radius 3 is 1.64 bits per heavy atom. The largest absolute Gasteiger partial charge is 0.466 e. The van der Waals surface area contributed by atoms with Crippen LogP contribution in [0.25, 0.3) is 0 Å². The summed E-state index contributed by atoms with van der Waals surface area (Å²) in [5.74, 6) is -0.347. The van der Waals surface area contributed by atoms with Crippen molar-refractivity contribution in [2.75, 3.05) is 7.11 Å². The highest BCUT2D eigenvalue weighted by Crippen LogP contribution is 1.87. The minimum Gasteiger partial charge on any atom is -0.466 e.